The number of ether oxygens (including phenoxy) is 1. The first-order chi connectivity index (χ1) is 6.63. The van der Waals surface area contributed by atoms with Crippen LogP contribution in [0.1, 0.15) is 5.56 Å². The van der Waals surface area contributed by atoms with Gasteiger partial charge in [-0.05, 0) is 18.2 Å². The Kier molecular flexibility index (Phi) is 4.65. The van der Waals surface area contributed by atoms with Gasteiger partial charge in [-0.15, -0.1) is 0 Å². The van der Waals surface area contributed by atoms with Gasteiger partial charge in [-0.3, -0.25) is 0 Å². The molecule has 2 N–H and O–H groups in total. The molecular weight excluding hydrogens is 310 g/mol. The van der Waals surface area contributed by atoms with Crippen molar-refractivity contribution in [2.24, 2.45) is 5.73 Å². The van der Waals surface area contributed by atoms with Gasteiger partial charge in [-0.2, -0.15) is 0 Å². The summed E-state index contributed by atoms with van der Waals surface area (Å²) in [6, 6.07) is 5.76. The predicted molar refractivity (Wildman–Crippen MR) is 65.6 cm³/mol. The second kappa shape index (κ2) is 5.53. The zero-order chi connectivity index (χ0) is 10.6. The van der Waals surface area contributed by atoms with Gasteiger partial charge in [0.1, 0.15) is 12.4 Å². The molecule has 1 rings (SSSR count). The average molecular weight is 321 g/mol. The molecule has 0 aromatic heterocycles. The Balaban J connectivity index is 2.80. The number of rotatable bonds is 4. The van der Waals surface area contributed by atoms with Gasteiger partial charge < -0.3 is 10.5 Å². The highest BCUT2D eigenvalue weighted by molar-refractivity contribution is 9.11. The van der Waals surface area contributed by atoms with Gasteiger partial charge in [-0.25, -0.2) is 0 Å². The highest BCUT2D eigenvalue weighted by Crippen LogP contribution is 2.23. The highest BCUT2D eigenvalue weighted by atomic mass is 79.9. The second-order valence-corrected chi connectivity index (χ2v) is 4.80. The fourth-order valence-electron chi connectivity index (χ4n) is 1.00. The summed E-state index contributed by atoms with van der Waals surface area (Å²) >= 11 is 6.61. The van der Waals surface area contributed by atoms with Crippen molar-refractivity contribution in [1.82, 2.24) is 0 Å². The maximum absolute atomic E-state index is 5.59. The van der Waals surface area contributed by atoms with Crippen LogP contribution in [0, 0.1) is 0 Å². The summed E-state index contributed by atoms with van der Waals surface area (Å²) in [6.45, 7) is 4.61. The molecule has 0 bridgehead atoms. The van der Waals surface area contributed by atoms with Crippen LogP contribution in [-0.2, 0) is 6.54 Å². The summed E-state index contributed by atoms with van der Waals surface area (Å²) in [6.07, 6.45) is 0. The number of benzene rings is 1. The molecule has 0 aliphatic carbocycles. The number of halogens is 2. The molecule has 0 unspecified atom stereocenters. The lowest BCUT2D eigenvalue weighted by Gasteiger charge is -2.09. The van der Waals surface area contributed by atoms with Crippen LogP contribution in [0.15, 0.2) is 33.7 Å². The molecule has 0 atom stereocenters. The Labute approximate surface area is 100 Å². The van der Waals surface area contributed by atoms with Gasteiger partial charge >= 0.3 is 0 Å². The summed E-state index contributed by atoms with van der Waals surface area (Å²) in [5.74, 6) is 0.802. The molecule has 0 radical (unpaired) electrons. The molecule has 0 spiro atoms. The fraction of sp³-hybridized carbons (Fsp3) is 0.200. The molecular formula is C10H11Br2NO. The van der Waals surface area contributed by atoms with Crippen LogP contribution in [0.5, 0.6) is 5.75 Å². The predicted octanol–water partition coefficient (Wildman–Crippen LogP) is 3.20. The Hall–Kier alpha value is -0.320. The average Bonchev–Trinajstić information content (AvgIpc) is 2.15. The smallest absolute Gasteiger partial charge is 0.124 e. The van der Waals surface area contributed by atoms with Crippen molar-refractivity contribution in [3.8, 4) is 5.75 Å². The van der Waals surface area contributed by atoms with Crippen molar-refractivity contribution in [2.75, 3.05) is 6.61 Å². The maximum atomic E-state index is 5.59. The van der Waals surface area contributed by atoms with Crippen molar-refractivity contribution in [3.05, 3.63) is 39.3 Å². The zero-order valence-electron chi connectivity index (χ0n) is 7.59. The van der Waals surface area contributed by atoms with E-state index in [2.05, 4.69) is 38.4 Å². The van der Waals surface area contributed by atoms with Gasteiger partial charge in [0.15, 0.2) is 0 Å². The topological polar surface area (TPSA) is 35.2 Å². The number of hydrogen-bond donors (Lipinski definition) is 1. The Bertz CT molecular complexity index is 339. The van der Waals surface area contributed by atoms with Crippen molar-refractivity contribution < 1.29 is 4.74 Å². The first kappa shape index (κ1) is 11.8. The molecule has 0 saturated carbocycles. The van der Waals surface area contributed by atoms with E-state index in [9.17, 15) is 0 Å². The van der Waals surface area contributed by atoms with Crippen LogP contribution < -0.4 is 10.5 Å². The van der Waals surface area contributed by atoms with E-state index in [4.69, 9.17) is 10.5 Å². The van der Waals surface area contributed by atoms with Crippen LogP contribution >= 0.6 is 31.9 Å². The normalized spacial score (nSPS) is 9.93. The summed E-state index contributed by atoms with van der Waals surface area (Å²) in [7, 11) is 0. The quantitative estimate of drug-likeness (QED) is 0.924. The van der Waals surface area contributed by atoms with Crippen molar-refractivity contribution >= 4 is 31.9 Å². The molecule has 0 aliphatic heterocycles. The van der Waals surface area contributed by atoms with Crippen LogP contribution in [0.25, 0.3) is 0 Å². The largest absolute Gasteiger partial charge is 0.488 e. The SMILES string of the molecule is C=C(Br)COc1ccc(Br)cc1CN. The summed E-state index contributed by atoms with van der Waals surface area (Å²) < 4.78 is 7.31. The molecule has 0 heterocycles. The van der Waals surface area contributed by atoms with Gasteiger partial charge in [0.2, 0.25) is 0 Å². The second-order valence-electron chi connectivity index (χ2n) is 2.76. The molecule has 2 nitrogen and oxygen atoms in total. The third-order valence-electron chi connectivity index (χ3n) is 1.63. The fourth-order valence-corrected chi connectivity index (χ4v) is 1.53. The van der Waals surface area contributed by atoms with E-state index >= 15 is 0 Å². The first-order valence-electron chi connectivity index (χ1n) is 4.08. The monoisotopic (exact) mass is 319 g/mol. The van der Waals surface area contributed by atoms with Gasteiger partial charge in [0, 0.05) is 21.1 Å². The molecule has 1 aromatic rings. The standard InChI is InChI=1S/C10H11Br2NO/c1-7(11)6-14-10-3-2-9(12)4-8(10)5-13/h2-4H,1,5-6,13H2. The van der Waals surface area contributed by atoms with E-state index in [1.165, 1.54) is 0 Å². The molecule has 0 fully saturated rings. The van der Waals surface area contributed by atoms with Crippen molar-refractivity contribution in [1.29, 1.82) is 0 Å². The minimum Gasteiger partial charge on any atom is -0.488 e. The third kappa shape index (κ3) is 3.44. The van der Waals surface area contributed by atoms with E-state index in [1.807, 2.05) is 18.2 Å². The number of nitrogens with two attached hydrogens (primary N) is 1. The van der Waals surface area contributed by atoms with Gasteiger partial charge in [0.25, 0.3) is 0 Å². The Morgan fingerprint density at radius 3 is 2.79 bits per heavy atom. The lowest BCUT2D eigenvalue weighted by atomic mass is 10.2. The molecule has 14 heavy (non-hydrogen) atoms. The van der Waals surface area contributed by atoms with E-state index in [0.717, 1.165) is 20.3 Å². The van der Waals surface area contributed by atoms with E-state index in [0.29, 0.717) is 13.2 Å². The van der Waals surface area contributed by atoms with E-state index in [-0.39, 0.29) is 0 Å². The molecule has 76 valence electrons. The van der Waals surface area contributed by atoms with Crippen molar-refractivity contribution in [3.63, 3.8) is 0 Å². The van der Waals surface area contributed by atoms with Crippen molar-refractivity contribution in [2.45, 2.75) is 6.54 Å². The first-order valence-corrected chi connectivity index (χ1v) is 5.66. The molecule has 1 aromatic carbocycles. The Morgan fingerprint density at radius 1 is 1.50 bits per heavy atom. The summed E-state index contributed by atoms with van der Waals surface area (Å²) in [4.78, 5) is 0. The third-order valence-corrected chi connectivity index (χ3v) is 2.35. The van der Waals surface area contributed by atoms with Gasteiger partial charge in [-0.1, -0.05) is 38.4 Å². The number of hydrogen-bond acceptors (Lipinski definition) is 2. The van der Waals surface area contributed by atoms with Gasteiger partial charge in [0.05, 0.1) is 0 Å². The highest BCUT2D eigenvalue weighted by Gasteiger charge is 2.02. The van der Waals surface area contributed by atoms with E-state index < -0.39 is 0 Å². The molecule has 4 heteroatoms. The summed E-state index contributed by atoms with van der Waals surface area (Å²) in [5.41, 5.74) is 6.57. The van der Waals surface area contributed by atoms with Crippen LogP contribution in [0.2, 0.25) is 0 Å². The molecule has 0 saturated heterocycles. The summed E-state index contributed by atoms with van der Waals surface area (Å²) in [5, 5.41) is 0. The lowest BCUT2D eigenvalue weighted by Crippen LogP contribution is -2.03. The maximum Gasteiger partial charge on any atom is 0.124 e. The van der Waals surface area contributed by atoms with Crippen LogP contribution in [0.4, 0.5) is 0 Å². The van der Waals surface area contributed by atoms with E-state index in [1.54, 1.807) is 0 Å². The molecule has 0 amide bonds. The lowest BCUT2D eigenvalue weighted by molar-refractivity contribution is 0.357. The minimum absolute atomic E-state index is 0.453. The van der Waals surface area contributed by atoms with Crippen LogP contribution in [-0.4, -0.2) is 6.61 Å². The minimum atomic E-state index is 0.453. The Morgan fingerprint density at radius 2 is 2.21 bits per heavy atom. The zero-order valence-corrected chi connectivity index (χ0v) is 10.8. The van der Waals surface area contributed by atoms with Crippen LogP contribution in [0.3, 0.4) is 0 Å². The molecule has 0 aliphatic rings.